The zero-order chi connectivity index (χ0) is 14.4. The topological polar surface area (TPSA) is 84.1 Å². The SMILES string of the molecule is CCN(Cc1ccncc1)C(=O)c1cc(NN)ccn1. The van der Waals surface area contributed by atoms with Crippen molar-refractivity contribution < 1.29 is 4.79 Å². The number of hydrogen-bond acceptors (Lipinski definition) is 5. The second kappa shape index (κ2) is 6.63. The number of nitrogens with one attached hydrogen (secondary N) is 1. The molecule has 1 amide bonds. The monoisotopic (exact) mass is 271 g/mol. The molecule has 0 aliphatic carbocycles. The van der Waals surface area contributed by atoms with Crippen LogP contribution in [0.5, 0.6) is 0 Å². The summed E-state index contributed by atoms with van der Waals surface area (Å²) >= 11 is 0. The lowest BCUT2D eigenvalue weighted by Gasteiger charge is -2.20. The van der Waals surface area contributed by atoms with E-state index in [1.54, 1.807) is 35.6 Å². The molecule has 0 fully saturated rings. The van der Waals surface area contributed by atoms with Crippen LogP contribution in [0.4, 0.5) is 5.69 Å². The Morgan fingerprint density at radius 2 is 2.05 bits per heavy atom. The van der Waals surface area contributed by atoms with E-state index in [1.165, 1.54) is 0 Å². The standard InChI is InChI=1S/C14H17N5O/c1-2-19(10-11-3-6-16-7-4-11)14(20)13-9-12(18-15)5-8-17-13/h3-9H,2,10,15H2,1H3,(H,17,18). The summed E-state index contributed by atoms with van der Waals surface area (Å²) < 4.78 is 0. The zero-order valence-corrected chi connectivity index (χ0v) is 11.3. The van der Waals surface area contributed by atoms with Gasteiger partial charge in [0.05, 0.1) is 5.69 Å². The van der Waals surface area contributed by atoms with Gasteiger partial charge in [-0.05, 0) is 36.8 Å². The maximum Gasteiger partial charge on any atom is 0.272 e. The van der Waals surface area contributed by atoms with Crippen LogP contribution in [0.25, 0.3) is 0 Å². The van der Waals surface area contributed by atoms with Crippen LogP contribution in [-0.4, -0.2) is 27.3 Å². The highest BCUT2D eigenvalue weighted by atomic mass is 16.2. The normalized spacial score (nSPS) is 10.1. The number of carbonyl (C=O) groups excluding carboxylic acids is 1. The van der Waals surface area contributed by atoms with Crippen LogP contribution in [0.15, 0.2) is 42.9 Å². The minimum Gasteiger partial charge on any atom is -0.333 e. The van der Waals surface area contributed by atoms with Gasteiger partial charge in [0.15, 0.2) is 0 Å². The summed E-state index contributed by atoms with van der Waals surface area (Å²) in [5.74, 6) is 5.22. The molecule has 0 aromatic carbocycles. The van der Waals surface area contributed by atoms with E-state index in [2.05, 4.69) is 15.4 Å². The van der Waals surface area contributed by atoms with Gasteiger partial charge in [-0.25, -0.2) is 0 Å². The van der Waals surface area contributed by atoms with Crippen LogP contribution in [0.2, 0.25) is 0 Å². The Morgan fingerprint density at radius 3 is 2.70 bits per heavy atom. The van der Waals surface area contributed by atoms with Gasteiger partial charge in [0, 0.05) is 31.7 Å². The summed E-state index contributed by atoms with van der Waals surface area (Å²) in [5, 5.41) is 0. The molecule has 6 nitrogen and oxygen atoms in total. The Balaban J connectivity index is 2.16. The molecule has 0 unspecified atom stereocenters. The molecule has 0 radical (unpaired) electrons. The number of nitrogens with two attached hydrogens (primary N) is 1. The minimum absolute atomic E-state index is 0.124. The van der Waals surface area contributed by atoms with Gasteiger partial charge in [-0.1, -0.05) is 0 Å². The van der Waals surface area contributed by atoms with Gasteiger partial charge in [-0.3, -0.25) is 20.6 Å². The van der Waals surface area contributed by atoms with Gasteiger partial charge in [0.2, 0.25) is 0 Å². The maximum atomic E-state index is 12.4. The number of nitrogen functional groups attached to an aromatic ring is 1. The van der Waals surface area contributed by atoms with Crippen LogP contribution in [-0.2, 0) is 6.54 Å². The van der Waals surface area contributed by atoms with Crippen molar-refractivity contribution in [2.45, 2.75) is 13.5 Å². The summed E-state index contributed by atoms with van der Waals surface area (Å²) in [6.07, 6.45) is 4.98. The van der Waals surface area contributed by atoms with Crippen molar-refractivity contribution >= 4 is 11.6 Å². The molecule has 0 aliphatic heterocycles. The largest absolute Gasteiger partial charge is 0.333 e. The molecule has 0 saturated heterocycles. The van der Waals surface area contributed by atoms with E-state index in [9.17, 15) is 4.79 Å². The van der Waals surface area contributed by atoms with Crippen LogP contribution in [0, 0.1) is 0 Å². The second-order valence-electron chi connectivity index (χ2n) is 4.25. The Labute approximate surface area is 117 Å². The van der Waals surface area contributed by atoms with Gasteiger partial charge >= 0.3 is 0 Å². The predicted octanol–water partition coefficient (Wildman–Crippen LogP) is 1.42. The fraction of sp³-hybridized carbons (Fsp3) is 0.214. The van der Waals surface area contributed by atoms with Crippen molar-refractivity contribution in [3.63, 3.8) is 0 Å². The Bertz CT molecular complexity index is 573. The summed E-state index contributed by atoms with van der Waals surface area (Å²) in [4.78, 5) is 22.2. The van der Waals surface area contributed by atoms with Crippen LogP contribution in [0.3, 0.4) is 0 Å². The van der Waals surface area contributed by atoms with E-state index >= 15 is 0 Å². The molecule has 2 rings (SSSR count). The number of hydrazine groups is 1. The predicted molar refractivity (Wildman–Crippen MR) is 76.7 cm³/mol. The molecule has 0 spiro atoms. The Morgan fingerprint density at radius 1 is 1.30 bits per heavy atom. The van der Waals surface area contributed by atoms with Gasteiger partial charge in [0.25, 0.3) is 5.91 Å². The smallest absolute Gasteiger partial charge is 0.272 e. The molecule has 0 aliphatic rings. The lowest BCUT2D eigenvalue weighted by atomic mass is 10.2. The first-order chi connectivity index (χ1) is 9.74. The summed E-state index contributed by atoms with van der Waals surface area (Å²) in [7, 11) is 0. The Hall–Kier alpha value is -2.47. The van der Waals surface area contributed by atoms with Crippen molar-refractivity contribution in [3.05, 3.63) is 54.1 Å². The highest BCUT2D eigenvalue weighted by Crippen LogP contribution is 2.11. The Kier molecular flexibility index (Phi) is 4.62. The lowest BCUT2D eigenvalue weighted by molar-refractivity contribution is 0.0746. The van der Waals surface area contributed by atoms with E-state index in [0.29, 0.717) is 24.5 Å². The number of rotatable bonds is 5. The highest BCUT2D eigenvalue weighted by Gasteiger charge is 2.16. The molecule has 0 bridgehead atoms. The number of aromatic nitrogens is 2. The number of carbonyl (C=O) groups is 1. The van der Waals surface area contributed by atoms with Crippen molar-refractivity contribution in [1.82, 2.24) is 14.9 Å². The number of amides is 1. The van der Waals surface area contributed by atoms with Crippen molar-refractivity contribution in [2.24, 2.45) is 5.84 Å². The minimum atomic E-state index is -0.124. The number of pyridine rings is 2. The third-order valence-electron chi connectivity index (χ3n) is 2.94. The average Bonchev–Trinajstić information content (AvgIpc) is 2.53. The fourth-order valence-corrected chi connectivity index (χ4v) is 1.84. The van der Waals surface area contributed by atoms with Crippen molar-refractivity contribution in [2.75, 3.05) is 12.0 Å². The molecule has 6 heteroatoms. The number of anilines is 1. The van der Waals surface area contributed by atoms with E-state index < -0.39 is 0 Å². The summed E-state index contributed by atoms with van der Waals surface area (Å²) in [5.41, 5.74) is 4.57. The molecular formula is C14H17N5O. The molecular weight excluding hydrogens is 254 g/mol. The first kappa shape index (κ1) is 14.0. The quantitative estimate of drug-likeness (QED) is 0.634. The molecule has 104 valence electrons. The van der Waals surface area contributed by atoms with Gasteiger partial charge in [-0.2, -0.15) is 0 Å². The van der Waals surface area contributed by atoms with E-state index in [-0.39, 0.29) is 5.91 Å². The van der Waals surface area contributed by atoms with E-state index in [1.807, 2.05) is 19.1 Å². The molecule has 2 aromatic heterocycles. The third-order valence-corrected chi connectivity index (χ3v) is 2.94. The van der Waals surface area contributed by atoms with Crippen molar-refractivity contribution in [1.29, 1.82) is 0 Å². The summed E-state index contributed by atoms with van der Waals surface area (Å²) in [6.45, 7) is 3.06. The molecule has 3 N–H and O–H groups in total. The highest BCUT2D eigenvalue weighted by molar-refractivity contribution is 5.93. The fourth-order valence-electron chi connectivity index (χ4n) is 1.84. The molecule has 20 heavy (non-hydrogen) atoms. The first-order valence-corrected chi connectivity index (χ1v) is 6.35. The molecule has 0 atom stereocenters. The van der Waals surface area contributed by atoms with Gasteiger partial charge < -0.3 is 10.3 Å². The van der Waals surface area contributed by atoms with Gasteiger partial charge in [-0.15, -0.1) is 0 Å². The number of hydrogen-bond donors (Lipinski definition) is 2. The summed E-state index contributed by atoms with van der Waals surface area (Å²) in [6, 6.07) is 7.12. The maximum absolute atomic E-state index is 12.4. The third kappa shape index (κ3) is 3.30. The first-order valence-electron chi connectivity index (χ1n) is 6.35. The molecule has 0 saturated carbocycles. The van der Waals surface area contributed by atoms with E-state index in [0.717, 1.165) is 5.56 Å². The van der Waals surface area contributed by atoms with Gasteiger partial charge in [0.1, 0.15) is 5.69 Å². The second-order valence-corrected chi connectivity index (χ2v) is 4.25. The van der Waals surface area contributed by atoms with Crippen LogP contribution < -0.4 is 11.3 Å². The van der Waals surface area contributed by atoms with Crippen LogP contribution in [0.1, 0.15) is 23.0 Å². The van der Waals surface area contributed by atoms with E-state index in [4.69, 9.17) is 5.84 Å². The zero-order valence-electron chi connectivity index (χ0n) is 11.3. The molecule has 2 aromatic rings. The van der Waals surface area contributed by atoms with Crippen LogP contribution >= 0.6 is 0 Å². The average molecular weight is 271 g/mol. The molecule has 2 heterocycles. The number of nitrogens with zero attached hydrogens (tertiary/aromatic N) is 3. The van der Waals surface area contributed by atoms with Crippen molar-refractivity contribution in [3.8, 4) is 0 Å². The lowest BCUT2D eigenvalue weighted by Crippen LogP contribution is -2.31.